The van der Waals surface area contributed by atoms with Gasteiger partial charge in [0.05, 0.1) is 5.69 Å². The smallest absolute Gasteiger partial charge is 0.136 e. The van der Waals surface area contributed by atoms with E-state index < -0.39 is 0 Å². The molecule has 2 nitrogen and oxygen atoms in total. The van der Waals surface area contributed by atoms with Gasteiger partial charge in [-0.05, 0) is 143 Å². The van der Waals surface area contributed by atoms with Crippen LogP contribution in [0.2, 0.25) is 0 Å². The number of benzene rings is 7. The van der Waals surface area contributed by atoms with E-state index in [2.05, 4.69) is 157 Å². The average Bonchev–Trinajstić information content (AvgIpc) is 3.74. The van der Waals surface area contributed by atoms with Crippen molar-refractivity contribution >= 4 is 39.0 Å². The van der Waals surface area contributed by atoms with E-state index in [-0.39, 0.29) is 5.41 Å². The van der Waals surface area contributed by atoms with Crippen molar-refractivity contribution in [2.24, 2.45) is 23.7 Å². The van der Waals surface area contributed by atoms with Gasteiger partial charge in [-0.2, -0.15) is 0 Å². The number of hydrogen-bond acceptors (Lipinski definition) is 2. The molecule has 54 heavy (non-hydrogen) atoms. The van der Waals surface area contributed by atoms with Gasteiger partial charge in [-0.15, -0.1) is 0 Å². The summed E-state index contributed by atoms with van der Waals surface area (Å²) in [5, 5.41) is 2.32. The van der Waals surface area contributed by atoms with Gasteiger partial charge in [0.25, 0.3) is 0 Å². The van der Waals surface area contributed by atoms with Crippen LogP contribution in [0.4, 0.5) is 17.1 Å². The summed E-state index contributed by atoms with van der Waals surface area (Å²) >= 11 is 0. The molecule has 8 aromatic rings. The fourth-order valence-electron chi connectivity index (χ4n) is 11.9. The minimum Gasteiger partial charge on any atom is -0.456 e. The second-order valence-corrected chi connectivity index (χ2v) is 16.5. The topological polar surface area (TPSA) is 16.4 Å². The third-order valence-electron chi connectivity index (χ3n) is 13.9. The standard InChI is InChI=1S/C52H41NO/c1-2-10-36(11-3-1)42-12-5-8-16-49(42)53(40-21-18-35(19-22-40)37-20-24-46-45-14-6-9-17-50(45)54-51(46)31-37)41-23-25-44-43-13-4-7-15-47(43)52(48(44)32-41)38-27-33-26-34(29-38)30-39(52)28-33/h1-25,31-34,38-39H,26-30H2/t33-,34?,38-,39-,52?/m1/s1. The molecule has 4 saturated carbocycles. The van der Waals surface area contributed by atoms with Crippen LogP contribution in [0.15, 0.2) is 168 Å². The molecule has 4 fully saturated rings. The summed E-state index contributed by atoms with van der Waals surface area (Å²) in [6, 6.07) is 60.8. The number of fused-ring (bicyclic) bond motifs is 6. The van der Waals surface area contributed by atoms with Gasteiger partial charge < -0.3 is 9.32 Å². The van der Waals surface area contributed by atoms with Crippen LogP contribution in [0.25, 0.3) is 55.3 Å². The third-order valence-corrected chi connectivity index (χ3v) is 13.9. The summed E-state index contributed by atoms with van der Waals surface area (Å²) in [6.45, 7) is 0. The second-order valence-electron chi connectivity index (χ2n) is 16.5. The van der Waals surface area contributed by atoms with E-state index in [1.165, 1.54) is 71.3 Å². The van der Waals surface area contributed by atoms with E-state index in [0.717, 1.165) is 56.9 Å². The predicted molar refractivity (Wildman–Crippen MR) is 223 cm³/mol. The first-order valence-corrected chi connectivity index (χ1v) is 19.9. The van der Waals surface area contributed by atoms with Gasteiger partial charge in [0.2, 0.25) is 0 Å². The van der Waals surface area contributed by atoms with Crippen molar-refractivity contribution in [2.45, 2.75) is 37.5 Å². The minimum atomic E-state index is 0.110. The lowest BCUT2D eigenvalue weighted by Crippen LogP contribution is -2.55. The van der Waals surface area contributed by atoms with Gasteiger partial charge in [0.1, 0.15) is 11.2 Å². The quantitative estimate of drug-likeness (QED) is 0.178. The summed E-state index contributed by atoms with van der Waals surface area (Å²) < 4.78 is 6.28. The number of rotatable bonds is 5. The van der Waals surface area contributed by atoms with Gasteiger partial charge in [0, 0.05) is 33.1 Å². The van der Waals surface area contributed by atoms with Crippen LogP contribution >= 0.6 is 0 Å². The molecule has 1 heterocycles. The fraction of sp³-hybridized carbons (Fsp3) is 0.192. The van der Waals surface area contributed by atoms with E-state index in [9.17, 15) is 0 Å². The van der Waals surface area contributed by atoms with Crippen molar-refractivity contribution in [3.63, 3.8) is 0 Å². The van der Waals surface area contributed by atoms with Crippen LogP contribution in [-0.4, -0.2) is 0 Å². The SMILES string of the molecule is c1ccc(-c2ccccc2N(c2ccc(-c3ccc4c(c3)oc3ccccc34)cc2)c2ccc3c(c2)C2(c4ccccc4-3)[C@H]3CC4C[C@H](C3)C[C@@H]2C4)cc1. The highest BCUT2D eigenvalue weighted by molar-refractivity contribution is 6.06. The Kier molecular flexibility index (Phi) is 6.55. The Bertz CT molecular complexity index is 2710. The van der Waals surface area contributed by atoms with Crippen LogP contribution in [0.1, 0.15) is 43.2 Å². The number of hydrogen-bond donors (Lipinski definition) is 0. The number of para-hydroxylation sites is 2. The van der Waals surface area contributed by atoms with Gasteiger partial charge in [0.15, 0.2) is 0 Å². The van der Waals surface area contributed by atoms with Gasteiger partial charge in [-0.25, -0.2) is 0 Å². The molecule has 0 unspecified atom stereocenters. The van der Waals surface area contributed by atoms with Crippen molar-refractivity contribution in [1.82, 2.24) is 0 Å². The molecule has 1 spiro atoms. The molecule has 0 radical (unpaired) electrons. The van der Waals surface area contributed by atoms with Crippen LogP contribution in [0, 0.1) is 23.7 Å². The Hall–Kier alpha value is -5.86. The van der Waals surface area contributed by atoms with Gasteiger partial charge in [-0.1, -0.05) is 115 Å². The first-order chi connectivity index (χ1) is 26.7. The molecule has 0 atom stereocenters. The summed E-state index contributed by atoms with van der Waals surface area (Å²) in [4.78, 5) is 2.52. The monoisotopic (exact) mass is 695 g/mol. The summed E-state index contributed by atoms with van der Waals surface area (Å²) in [5.74, 6) is 3.27. The number of furan rings is 1. The van der Waals surface area contributed by atoms with Crippen LogP contribution < -0.4 is 4.90 Å². The van der Waals surface area contributed by atoms with Crippen molar-refractivity contribution < 1.29 is 4.42 Å². The molecule has 260 valence electrons. The Labute approximate surface area is 316 Å². The zero-order chi connectivity index (χ0) is 35.4. The van der Waals surface area contributed by atoms with E-state index in [4.69, 9.17) is 4.42 Å². The van der Waals surface area contributed by atoms with E-state index in [1.807, 2.05) is 12.1 Å². The summed E-state index contributed by atoms with van der Waals surface area (Å²) in [7, 11) is 0. The lowest BCUT2D eigenvalue weighted by molar-refractivity contribution is -0.0399. The number of anilines is 3. The average molecular weight is 696 g/mol. The predicted octanol–water partition coefficient (Wildman–Crippen LogP) is 14.1. The largest absolute Gasteiger partial charge is 0.456 e. The normalized spacial score (nSPS) is 23.3. The molecule has 5 aliphatic carbocycles. The molecule has 0 N–H and O–H groups in total. The maximum absolute atomic E-state index is 6.28. The molecular weight excluding hydrogens is 655 g/mol. The molecule has 4 bridgehead atoms. The van der Waals surface area contributed by atoms with Gasteiger partial charge in [-0.3, -0.25) is 0 Å². The van der Waals surface area contributed by atoms with E-state index >= 15 is 0 Å². The summed E-state index contributed by atoms with van der Waals surface area (Å²) in [6.07, 6.45) is 6.99. The van der Waals surface area contributed by atoms with Crippen molar-refractivity contribution in [3.8, 4) is 33.4 Å². The van der Waals surface area contributed by atoms with Crippen molar-refractivity contribution in [3.05, 3.63) is 175 Å². The highest BCUT2D eigenvalue weighted by Crippen LogP contribution is 2.69. The van der Waals surface area contributed by atoms with Crippen LogP contribution in [0.3, 0.4) is 0 Å². The van der Waals surface area contributed by atoms with Crippen molar-refractivity contribution in [1.29, 1.82) is 0 Å². The zero-order valence-corrected chi connectivity index (χ0v) is 30.3. The van der Waals surface area contributed by atoms with Crippen LogP contribution in [-0.2, 0) is 5.41 Å². The van der Waals surface area contributed by atoms with E-state index in [0.29, 0.717) is 0 Å². The Morgan fingerprint density at radius 3 is 1.87 bits per heavy atom. The first kappa shape index (κ1) is 30.6. The minimum absolute atomic E-state index is 0.110. The Morgan fingerprint density at radius 2 is 1.06 bits per heavy atom. The lowest BCUT2D eigenvalue weighted by Gasteiger charge is -2.61. The van der Waals surface area contributed by atoms with E-state index in [1.54, 1.807) is 11.1 Å². The molecule has 13 rings (SSSR count). The summed E-state index contributed by atoms with van der Waals surface area (Å²) in [5.41, 5.74) is 16.4. The molecule has 1 aromatic heterocycles. The Balaban J connectivity index is 1.02. The highest BCUT2D eigenvalue weighted by Gasteiger charge is 2.61. The molecule has 5 aliphatic rings. The maximum Gasteiger partial charge on any atom is 0.136 e. The maximum atomic E-state index is 6.28. The van der Waals surface area contributed by atoms with Crippen LogP contribution in [0.5, 0.6) is 0 Å². The first-order valence-electron chi connectivity index (χ1n) is 19.9. The third kappa shape index (κ3) is 4.34. The molecular formula is C52H41NO. The number of nitrogens with zero attached hydrogens (tertiary/aromatic N) is 1. The Morgan fingerprint density at radius 1 is 0.426 bits per heavy atom. The molecule has 0 saturated heterocycles. The zero-order valence-electron chi connectivity index (χ0n) is 30.3. The lowest BCUT2D eigenvalue weighted by atomic mass is 9.43. The highest BCUT2D eigenvalue weighted by atomic mass is 16.3. The van der Waals surface area contributed by atoms with Crippen molar-refractivity contribution in [2.75, 3.05) is 4.90 Å². The molecule has 2 heteroatoms. The molecule has 7 aromatic carbocycles. The van der Waals surface area contributed by atoms with Gasteiger partial charge >= 0.3 is 0 Å². The second kappa shape index (κ2) is 11.6. The molecule has 0 amide bonds. The molecule has 0 aliphatic heterocycles. The fourth-order valence-corrected chi connectivity index (χ4v) is 11.9.